The van der Waals surface area contributed by atoms with Crippen molar-refractivity contribution in [3.63, 3.8) is 0 Å². The second kappa shape index (κ2) is 4.30. The van der Waals surface area contributed by atoms with Crippen molar-refractivity contribution in [1.29, 1.82) is 0 Å². The van der Waals surface area contributed by atoms with Crippen LogP contribution in [0.25, 0.3) is 16.8 Å². The molecule has 6 heteroatoms. The number of carbonyl (C=O) groups is 1. The van der Waals surface area contributed by atoms with Crippen molar-refractivity contribution in [3.05, 3.63) is 41.9 Å². The largest absolute Gasteiger partial charge is 0.352 e. The Hall–Kier alpha value is -2.08. The van der Waals surface area contributed by atoms with E-state index in [-0.39, 0.29) is 11.4 Å². The van der Waals surface area contributed by atoms with Crippen molar-refractivity contribution in [2.45, 2.75) is 5.50 Å². The minimum atomic E-state index is -0.324. The van der Waals surface area contributed by atoms with Gasteiger partial charge >= 0.3 is 0 Å². The fraction of sp³-hybridized carbons (Fsp3) is 0.0833. The maximum atomic E-state index is 11.5. The van der Waals surface area contributed by atoms with Crippen LogP contribution in [0.5, 0.6) is 0 Å². The Morgan fingerprint density at radius 1 is 1.17 bits per heavy atom. The van der Waals surface area contributed by atoms with Crippen LogP contribution in [0, 0.1) is 0 Å². The standard InChI is InChI=1S/C12H10N4OS/c17-11-10(15-12(18)16-11)4-7-1-2-8-5-13-14-6-9(8)3-7/h1-6,12,15,18H,(H,16,17)/b10-4-. The van der Waals surface area contributed by atoms with E-state index in [4.69, 9.17) is 0 Å². The SMILES string of the molecule is O=C1NC(S)N/C1=C\c1ccc2cnncc2c1. The molecule has 1 aliphatic rings. The van der Waals surface area contributed by atoms with Crippen LogP contribution >= 0.6 is 12.6 Å². The third-order valence-electron chi connectivity index (χ3n) is 2.69. The van der Waals surface area contributed by atoms with E-state index in [1.54, 1.807) is 18.5 Å². The molecule has 0 spiro atoms. The molecule has 1 aromatic carbocycles. The van der Waals surface area contributed by atoms with Gasteiger partial charge in [0.2, 0.25) is 0 Å². The molecule has 1 unspecified atom stereocenters. The molecule has 2 N–H and O–H groups in total. The Morgan fingerprint density at radius 3 is 2.67 bits per heavy atom. The minimum absolute atomic E-state index is 0.150. The van der Waals surface area contributed by atoms with Crippen LogP contribution in [0.15, 0.2) is 36.3 Å². The lowest BCUT2D eigenvalue weighted by molar-refractivity contribution is -0.116. The van der Waals surface area contributed by atoms with Crippen LogP contribution in [0.1, 0.15) is 5.56 Å². The number of nitrogens with one attached hydrogen (secondary N) is 2. The van der Waals surface area contributed by atoms with Crippen molar-refractivity contribution in [3.8, 4) is 0 Å². The zero-order chi connectivity index (χ0) is 12.5. The van der Waals surface area contributed by atoms with Crippen LogP contribution in [0.2, 0.25) is 0 Å². The molecule has 2 aromatic rings. The molecule has 3 rings (SSSR count). The second-order valence-corrected chi connectivity index (χ2v) is 4.47. The number of amides is 1. The molecule has 0 bridgehead atoms. The topological polar surface area (TPSA) is 66.9 Å². The smallest absolute Gasteiger partial charge is 0.269 e. The van der Waals surface area contributed by atoms with Gasteiger partial charge in [-0.3, -0.25) is 4.79 Å². The molecule has 5 nitrogen and oxygen atoms in total. The van der Waals surface area contributed by atoms with E-state index >= 15 is 0 Å². The first-order chi connectivity index (χ1) is 8.72. The Morgan fingerprint density at radius 2 is 1.94 bits per heavy atom. The lowest BCUT2D eigenvalue weighted by Crippen LogP contribution is -2.25. The predicted molar refractivity (Wildman–Crippen MR) is 71.6 cm³/mol. The molecule has 1 atom stereocenters. The average molecular weight is 258 g/mol. The Bertz CT molecular complexity index is 655. The first-order valence-corrected chi connectivity index (χ1v) is 5.92. The molecule has 0 saturated carbocycles. The van der Waals surface area contributed by atoms with Crippen LogP contribution < -0.4 is 10.6 Å². The van der Waals surface area contributed by atoms with Gasteiger partial charge in [-0.15, -0.1) is 12.6 Å². The fourth-order valence-corrected chi connectivity index (χ4v) is 2.08. The van der Waals surface area contributed by atoms with Crippen molar-refractivity contribution < 1.29 is 4.79 Å². The third kappa shape index (κ3) is 2.02. The van der Waals surface area contributed by atoms with Gasteiger partial charge in [0.05, 0.1) is 12.4 Å². The summed E-state index contributed by atoms with van der Waals surface area (Å²) in [6.07, 6.45) is 5.18. The van der Waals surface area contributed by atoms with Crippen molar-refractivity contribution in [2.75, 3.05) is 0 Å². The second-order valence-electron chi connectivity index (χ2n) is 3.96. The van der Waals surface area contributed by atoms with Gasteiger partial charge in [0.15, 0.2) is 0 Å². The lowest BCUT2D eigenvalue weighted by Gasteiger charge is -2.01. The molecular formula is C12H10N4OS. The summed E-state index contributed by atoms with van der Waals surface area (Å²) < 4.78 is 0. The molecule has 1 aliphatic heterocycles. The number of carbonyl (C=O) groups excluding carboxylic acids is 1. The van der Waals surface area contributed by atoms with Crippen LogP contribution in [0.4, 0.5) is 0 Å². The van der Waals surface area contributed by atoms with E-state index in [1.807, 2.05) is 18.2 Å². The van der Waals surface area contributed by atoms with E-state index in [2.05, 4.69) is 33.5 Å². The van der Waals surface area contributed by atoms with Gasteiger partial charge in [0, 0.05) is 10.8 Å². The van der Waals surface area contributed by atoms with Gasteiger partial charge in [-0.25, -0.2) is 0 Å². The number of nitrogens with zero attached hydrogens (tertiary/aromatic N) is 2. The van der Waals surface area contributed by atoms with E-state index in [9.17, 15) is 4.79 Å². The number of aromatic nitrogens is 2. The fourth-order valence-electron chi connectivity index (χ4n) is 1.83. The van der Waals surface area contributed by atoms with Gasteiger partial charge in [-0.1, -0.05) is 12.1 Å². The van der Waals surface area contributed by atoms with Crippen LogP contribution in [0.3, 0.4) is 0 Å². The maximum Gasteiger partial charge on any atom is 0.269 e. The number of hydrogen-bond acceptors (Lipinski definition) is 5. The summed E-state index contributed by atoms with van der Waals surface area (Å²) in [4.78, 5) is 11.5. The molecule has 2 heterocycles. The Kier molecular flexibility index (Phi) is 2.64. The highest BCUT2D eigenvalue weighted by Gasteiger charge is 2.21. The molecule has 18 heavy (non-hydrogen) atoms. The summed E-state index contributed by atoms with van der Waals surface area (Å²) >= 11 is 4.13. The third-order valence-corrected chi connectivity index (χ3v) is 2.95. The van der Waals surface area contributed by atoms with Gasteiger partial charge in [0.1, 0.15) is 11.2 Å². The monoisotopic (exact) mass is 258 g/mol. The highest BCUT2D eigenvalue weighted by molar-refractivity contribution is 7.80. The number of fused-ring (bicyclic) bond motifs is 1. The summed E-state index contributed by atoms with van der Waals surface area (Å²) in [5.74, 6) is -0.150. The highest BCUT2D eigenvalue weighted by atomic mass is 32.1. The molecule has 1 fully saturated rings. The summed E-state index contributed by atoms with van der Waals surface area (Å²) in [5, 5.41) is 15.2. The Balaban J connectivity index is 2.00. The number of rotatable bonds is 1. The average Bonchev–Trinajstić information content (AvgIpc) is 2.68. The van der Waals surface area contributed by atoms with Gasteiger partial charge in [0.25, 0.3) is 5.91 Å². The first-order valence-electron chi connectivity index (χ1n) is 5.40. The van der Waals surface area contributed by atoms with E-state index in [1.165, 1.54) is 0 Å². The molecule has 90 valence electrons. The quantitative estimate of drug-likeness (QED) is 0.525. The zero-order valence-electron chi connectivity index (χ0n) is 9.29. The van der Waals surface area contributed by atoms with E-state index in [0.717, 1.165) is 16.3 Å². The molecule has 1 saturated heterocycles. The van der Waals surface area contributed by atoms with E-state index in [0.29, 0.717) is 5.70 Å². The predicted octanol–water partition coefficient (Wildman–Crippen LogP) is 0.903. The summed E-state index contributed by atoms with van der Waals surface area (Å²) in [7, 11) is 0. The van der Waals surface area contributed by atoms with E-state index < -0.39 is 0 Å². The number of thiol groups is 1. The summed E-state index contributed by atoms with van der Waals surface area (Å²) in [5.41, 5.74) is 1.11. The van der Waals surface area contributed by atoms with Gasteiger partial charge in [-0.05, 0) is 17.7 Å². The van der Waals surface area contributed by atoms with Crippen molar-refractivity contribution in [2.24, 2.45) is 0 Å². The number of hydrogen-bond donors (Lipinski definition) is 3. The van der Waals surface area contributed by atoms with Crippen LogP contribution in [-0.4, -0.2) is 21.6 Å². The first kappa shape index (κ1) is 11.0. The molecule has 1 aromatic heterocycles. The molecule has 1 amide bonds. The highest BCUT2D eigenvalue weighted by Crippen LogP contribution is 2.16. The Labute approximate surface area is 109 Å². The van der Waals surface area contributed by atoms with Crippen LogP contribution in [-0.2, 0) is 4.79 Å². The van der Waals surface area contributed by atoms with Gasteiger partial charge < -0.3 is 10.6 Å². The minimum Gasteiger partial charge on any atom is -0.352 e. The molecule has 0 aliphatic carbocycles. The normalized spacial score (nSPS) is 21.1. The lowest BCUT2D eigenvalue weighted by atomic mass is 10.1. The van der Waals surface area contributed by atoms with Gasteiger partial charge in [-0.2, -0.15) is 10.2 Å². The summed E-state index contributed by atoms with van der Waals surface area (Å²) in [6, 6.07) is 5.83. The summed E-state index contributed by atoms with van der Waals surface area (Å²) in [6.45, 7) is 0. The zero-order valence-corrected chi connectivity index (χ0v) is 10.2. The number of benzene rings is 1. The van der Waals surface area contributed by atoms with Crippen molar-refractivity contribution in [1.82, 2.24) is 20.8 Å². The molecular weight excluding hydrogens is 248 g/mol. The van der Waals surface area contributed by atoms with Crippen molar-refractivity contribution >= 4 is 35.4 Å². The maximum absolute atomic E-state index is 11.5. The molecule has 0 radical (unpaired) electrons.